The molecule has 0 nitrogen and oxygen atoms in total. The van der Waals surface area contributed by atoms with Gasteiger partial charge in [0.1, 0.15) is 0 Å². The minimum Gasteiger partial charge on any atom is -0.269 e. The van der Waals surface area contributed by atoms with E-state index in [1.165, 1.54) is 25.7 Å². The molecule has 5 rings (SSSR count). The zero-order chi connectivity index (χ0) is 22.3. The summed E-state index contributed by atoms with van der Waals surface area (Å²) >= 11 is 0. The van der Waals surface area contributed by atoms with Crippen molar-refractivity contribution in [3.05, 3.63) is 152 Å². The van der Waals surface area contributed by atoms with Gasteiger partial charge in [0.15, 0.2) is 0 Å². The van der Waals surface area contributed by atoms with Crippen LogP contribution in [0.4, 0.5) is 0 Å². The van der Waals surface area contributed by atoms with Gasteiger partial charge in [-0.1, -0.05) is 50.3 Å². The molecule has 0 saturated heterocycles. The van der Waals surface area contributed by atoms with Crippen LogP contribution < -0.4 is 0 Å². The van der Waals surface area contributed by atoms with Crippen LogP contribution >= 0.6 is 0 Å². The topological polar surface area (TPSA) is 0 Å². The molecule has 2 aliphatic carbocycles. The summed E-state index contributed by atoms with van der Waals surface area (Å²) in [4.78, 5) is 0. The Morgan fingerprint density at radius 1 is 0.625 bits per heavy atom. The first-order valence-electron chi connectivity index (χ1n) is 11.0. The fourth-order valence-corrected chi connectivity index (χ4v) is 3.37. The van der Waals surface area contributed by atoms with E-state index in [4.69, 9.17) is 0 Å². The maximum atomic E-state index is 3.72. The molecular formula is C31H34Ti. The predicted octanol–water partition coefficient (Wildman–Crippen LogP) is 8.47. The van der Waals surface area contributed by atoms with E-state index in [1.807, 2.05) is 91.0 Å². The zero-order valence-electron chi connectivity index (χ0n) is 19.3. The summed E-state index contributed by atoms with van der Waals surface area (Å²) in [6, 6.07) is 29.6. The molecule has 0 aromatic heterocycles. The fourth-order valence-electron chi connectivity index (χ4n) is 3.37. The molecule has 0 amide bonds. The van der Waals surface area contributed by atoms with Crippen LogP contribution in [0.1, 0.15) is 49.3 Å². The van der Waals surface area contributed by atoms with Gasteiger partial charge in [0.05, 0.1) is 0 Å². The van der Waals surface area contributed by atoms with E-state index in [2.05, 4.69) is 39.8 Å². The van der Waals surface area contributed by atoms with Crippen LogP contribution in [0.2, 0.25) is 0 Å². The van der Waals surface area contributed by atoms with Gasteiger partial charge in [-0.3, -0.25) is 6.08 Å². The SMILES string of the molecule is CC1[C-]=CC2=C1CCCC2.[CH2-]c1ccccc1.[CH2-]c1ccccc1.[CH2-]c1ccccc1.[Ti+4]. The molecule has 1 unspecified atom stereocenters. The number of benzene rings is 3. The molecule has 0 saturated carbocycles. The molecule has 0 bridgehead atoms. The van der Waals surface area contributed by atoms with E-state index in [9.17, 15) is 0 Å². The van der Waals surface area contributed by atoms with Gasteiger partial charge >= 0.3 is 21.7 Å². The van der Waals surface area contributed by atoms with Crippen LogP contribution in [0.25, 0.3) is 0 Å². The number of allylic oxidation sites excluding steroid dienone is 4. The van der Waals surface area contributed by atoms with Crippen LogP contribution in [0.15, 0.2) is 108 Å². The summed E-state index contributed by atoms with van der Waals surface area (Å²) in [7, 11) is 0. The maximum Gasteiger partial charge on any atom is 4.00 e. The molecule has 0 aliphatic heterocycles. The largest absolute Gasteiger partial charge is 4.00 e. The number of rotatable bonds is 0. The molecule has 2 aliphatic rings. The Labute approximate surface area is 211 Å². The van der Waals surface area contributed by atoms with Crippen molar-refractivity contribution in [2.45, 2.75) is 32.6 Å². The first-order chi connectivity index (χ1) is 15.1. The molecule has 0 fully saturated rings. The second-order valence-corrected chi connectivity index (χ2v) is 7.75. The van der Waals surface area contributed by atoms with Gasteiger partial charge in [-0.25, -0.2) is 6.08 Å². The normalized spacial score (nSPS) is 15.3. The van der Waals surface area contributed by atoms with Crippen molar-refractivity contribution in [2.75, 3.05) is 0 Å². The fraction of sp³-hybridized carbons (Fsp3) is 0.194. The Balaban J connectivity index is 0.000000214. The predicted molar refractivity (Wildman–Crippen MR) is 135 cm³/mol. The Morgan fingerprint density at radius 2 is 1.00 bits per heavy atom. The molecular weight excluding hydrogens is 420 g/mol. The van der Waals surface area contributed by atoms with Gasteiger partial charge in [0.25, 0.3) is 0 Å². The van der Waals surface area contributed by atoms with Gasteiger partial charge in [-0.05, 0) is 6.42 Å². The van der Waals surface area contributed by atoms with Crippen LogP contribution in [0, 0.1) is 32.8 Å². The van der Waals surface area contributed by atoms with Crippen LogP contribution in [-0.2, 0) is 21.7 Å². The smallest absolute Gasteiger partial charge is 0.269 e. The van der Waals surface area contributed by atoms with E-state index in [1.54, 1.807) is 11.1 Å². The average molecular weight is 454 g/mol. The molecule has 1 heteroatoms. The molecule has 3 aromatic rings. The van der Waals surface area contributed by atoms with Crippen LogP contribution in [-0.4, -0.2) is 0 Å². The molecule has 0 radical (unpaired) electrons. The van der Waals surface area contributed by atoms with Crippen molar-refractivity contribution in [3.8, 4) is 0 Å². The molecule has 32 heavy (non-hydrogen) atoms. The third-order valence-electron chi connectivity index (χ3n) is 5.11. The van der Waals surface area contributed by atoms with E-state index < -0.39 is 0 Å². The second-order valence-electron chi connectivity index (χ2n) is 7.75. The van der Waals surface area contributed by atoms with Gasteiger partial charge in [-0.15, -0.1) is 36.4 Å². The summed E-state index contributed by atoms with van der Waals surface area (Å²) in [5, 5.41) is 0. The molecule has 162 valence electrons. The summed E-state index contributed by atoms with van der Waals surface area (Å²) in [5.74, 6) is 0.635. The van der Waals surface area contributed by atoms with Crippen molar-refractivity contribution >= 4 is 0 Å². The minimum atomic E-state index is 0. The first-order valence-corrected chi connectivity index (χ1v) is 11.0. The number of hydrogen-bond donors (Lipinski definition) is 0. The monoisotopic (exact) mass is 454 g/mol. The van der Waals surface area contributed by atoms with E-state index in [0.717, 1.165) is 16.7 Å². The zero-order valence-corrected chi connectivity index (χ0v) is 20.8. The van der Waals surface area contributed by atoms with Crippen molar-refractivity contribution in [1.82, 2.24) is 0 Å². The van der Waals surface area contributed by atoms with Crippen LogP contribution in [0.5, 0.6) is 0 Å². The minimum absolute atomic E-state index is 0. The quantitative estimate of drug-likeness (QED) is 0.236. The summed E-state index contributed by atoms with van der Waals surface area (Å²) in [5.41, 5.74) is 6.48. The van der Waals surface area contributed by atoms with Gasteiger partial charge in [0.2, 0.25) is 0 Å². The Bertz CT molecular complexity index is 819. The Morgan fingerprint density at radius 3 is 1.31 bits per heavy atom. The van der Waals surface area contributed by atoms with Crippen molar-refractivity contribution in [1.29, 1.82) is 0 Å². The first kappa shape index (κ1) is 27.5. The summed E-state index contributed by atoms with van der Waals surface area (Å²) < 4.78 is 0. The van der Waals surface area contributed by atoms with Crippen molar-refractivity contribution in [3.63, 3.8) is 0 Å². The third kappa shape index (κ3) is 11.2. The molecule has 1 atom stereocenters. The molecule has 0 spiro atoms. The van der Waals surface area contributed by atoms with Crippen molar-refractivity contribution < 1.29 is 21.7 Å². The van der Waals surface area contributed by atoms with Crippen LogP contribution in [0.3, 0.4) is 0 Å². The maximum absolute atomic E-state index is 3.72. The van der Waals surface area contributed by atoms with Gasteiger partial charge in [-0.2, -0.15) is 85.0 Å². The summed E-state index contributed by atoms with van der Waals surface area (Å²) in [6.45, 7) is 13.4. The Hall–Kier alpha value is -2.54. The van der Waals surface area contributed by atoms with E-state index in [0.29, 0.717) is 5.92 Å². The molecule has 3 aromatic carbocycles. The van der Waals surface area contributed by atoms with Crippen molar-refractivity contribution in [2.24, 2.45) is 5.92 Å². The standard InChI is InChI=1S/C10H13.3C7H7.Ti/c1-8-6-7-9-4-2-3-5-10(8)9;3*1-7-5-3-2-4-6-7;/h7-8H,2-5H2,1H3;3*2-6H,1H2;/q4*-1;+4. The van der Waals surface area contributed by atoms with Gasteiger partial charge in [0, 0.05) is 0 Å². The summed E-state index contributed by atoms with van der Waals surface area (Å²) in [6.07, 6.45) is 11.0. The van der Waals surface area contributed by atoms with Gasteiger partial charge < -0.3 is 0 Å². The Kier molecular flexibility index (Phi) is 13.9. The van der Waals surface area contributed by atoms with E-state index >= 15 is 0 Å². The van der Waals surface area contributed by atoms with E-state index in [-0.39, 0.29) is 21.7 Å². The molecule has 0 N–H and O–H groups in total. The second kappa shape index (κ2) is 16.1. The number of hydrogen-bond acceptors (Lipinski definition) is 0. The third-order valence-corrected chi connectivity index (χ3v) is 5.11. The molecule has 0 heterocycles. The average Bonchev–Trinajstić information content (AvgIpc) is 3.18.